The van der Waals surface area contributed by atoms with Crippen molar-refractivity contribution in [3.05, 3.63) is 46.9 Å². The zero-order valence-corrected chi connectivity index (χ0v) is 15.1. The zero-order chi connectivity index (χ0) is 18.2. The van der Waals surface area contributed by atoms with E-state index in [2.05, 4.69) is 22.2 Å². The molecule has 2 heterocycles. The number of carbonyl (C=O) groups excluding carboxylic acids is 1. The minimum Gasteiger partial charge on any atom is -0.393 e. The lowest BCUT2D eigenvalue weighted by Crippen LogP contribution is -2.20. The van der Waals surface area contributed by atoms with Gasteiger partial charge in [-0.3, -0.25) is 4.79 Å². The van der Waals surface area contributed by atoms with E-state index in [1.807, 2.05) is 0 Å². The molecule has 3 N–H and O–H groups in total. The van der Waals surface area contributed by atoms with Crippen LogP contribution in [0, 0.1) is 12.8 Å². The summed E-state index contributed by atoms with van der Waals surface area (Å²) in [5, 5.41) is 25.0. The molecular formula is C18H22N3O3S. The number of aliphatic hydroxyl groups excluding tert-OH is 1. The number of ketones is 1. The van der Waals surface area contributed by atoms with Gasteiger partial charge >= 0.3 is 0 Å². The first kappa shape index (κ1) is 18.0. The minimum atomic E-state index is -0.994. The molecule has 2 aromatic rings. The number of nitrogens with zero attached hydrogens (tertiary/aromatic N) is 2. The van der Waals surface area contributed by atoms with Gasteiger partial charge in [-0.05, 0) is 56.5 Å². The molecule has 133 valence electrons. The third-order valence-electron chi connectivity index (χ3n) is 4.48. The average molecular weight is 360 g/mol. The van der Waals surface area contributed by atoms with Crippen LogP contribution in [0.3, 0.4) is 0 Å². The second-order valence-electron chi connectivity index (χ2n) is 7.01. The van der Waals surface area contributed by atoms with Crippen LogP contribution in [-0.2, 0) is 5.60 Å². The van der Waals surface area contributed by atoms with E-state index in [9.17, 15) is 15.0 Å². The molecule has 0 aliphatic heterocycles. The number of carbonyl (C=O) groups is 1. The van der Waals surface area contributed by atoms with E-state index in [0.29, 0.717) is 28.2 Å². The van der Waals surface area contributed by atoms with Crippen LogP contribution >= 0.6 is 11.3 Å². The van der Waals surface area contributed by atoms with Gasteiger partial charge in [0, 0.05) is 12.2 Å². The highest BCUT2D eigenvalue weighted by atomic mass is 32.1. The third kappa shape index (κ3) is 3.89. The van der Waals surface area contributed by atoms with Gasteiger partial charge in [-0.15, -0.1) is 11.3 Å². The molecule has 0 spiro atoms. The quantitative estimate of drug-likeness (QED) is 0.709. The maximum atomic E-state index is 12.9. The molecule has 0 bridgehead atoms. The number of aliphatic hydroxyl groups is 2. The van der Waals surface area contributed by atoms with Crippen molar-refractivity contribution in [2.45, 2.75) is 44.4 Å². The zero-order valence-electron chi connectivity index (χ0n) is 14.3. The van der Waals surface area contributed by atoms with E-state index in [-0.39, 0.29) is 17.7 Å². The topological polar surface area (TPSA) is 95.3 Å². The molecule has 0 saturated heterocycles. The first-order chi connectivity index (χ1) is 11.8. The molecular weight excluding hydrogens is 338 g/mol. The van der Waals surface area contributed by atoms with Crippen molar-refractivity contribution in [1.29, 1.82) is 0 Å². The summed E-state index contributed by atoms with van der Waals surface area (Å²) in [4.78, 5) is 21.6. The smallest absolute Gasteiger partial charge is 0.208 e. The summed E-state index contributed by atoms with van der Waals surface area (Å²) in [5.74, 6) is 0.253. The predicted molar refractivity (Wildman–Crippen MR) is 96.5 cm³/mol. The lowest BCUT2D eigenvalue weighted by molar-refractivity contribution is 0.0790. The number of hydrogen-bond donors (Lipinski definition) is 3. The minimum absolute atomic E-state index is 0.0224. The Morgan fingerprint density at radius 3 is 2.80 bits per heavy atom. The van der Waals surface area contributed by atoms with E-state index in [1.54, 1.807) is 25.3 Å². The van der Waals surface area contributed by atoms with Crippen molar-refractivity contribution in [2.75, 3.05) is 5.32 Å². The van der Waals surface area contributed by atoms with Gasteiger partial charge in [-0.2, -0.15) is 0 Å². The molecule has 3 atom stereocenters. The molecule has 1 fully saturated rings. The molecule has 2 aromatic heterocycles. The summed E-state index contributed by atoms with van der Waals surface area (Å²) >= 11 is 1.29. The molecule has 0 unspecified atom stereocenters. The average Bonchev–Trinajstić information content (AvgIpc) is 3.15. The van der Waals surface area contributed by atoms with Crippen molar-refractivity contribution in [3.63, 3.8) is 0 Å². The van der Waals surface area contributed by atoms with Crippen LogP contribution in [0.1, 0.15) is 47.5 Å². The first-order valence-corrected chi connectivity index (χ1v) is 9.07. The normalized spacial score (nSPS) is 23.6. The fraction of sp³-hybridized carbons (Fsp3) is 0.444. The van der Waals surface area contributed by atoms with Crippen LogP contribution in [0.5, 0.6) is 0 Å². The summed E-state index contributed by atoms with van der Waals surface area (Å²) in [5.41, 5.74) is 0.0894. The highest BCUT2D eigenvalue weighted by molar-refractivity contribution is 7.12. The molecule has 1 aliphatic rings. The maximum Gasteiger partial charge on any atom is 0.208 e. The Labute approximate surface area is 151 Å². The Morgan fingerprint density at radius 2 is 2.20 bits per heavy atom. The molecule has 7 heteroatoms. The number of hydrogen-bond acceptors (Lipinski definition) is 7. The Morgan fingerprint density at radius 1 is 1.44 bits per heavy atom. The number of nitrogens with one attached hydrogen (secondary N) is 1. The Balaban J connectivity index is 1.83. The largest absolute Gasteiger partial charge is 0.393 e. The number of aromatic nitrogens is 2. The Bertz CT molecular complexity index is 759. The van der Waals surface area contributed by atoms with E-state index in [4.69, 9.17) is 0 Å². The molecule has 0 aromatic carbocycles. The number of thiophene rings is 1. The Hall–Kier alpha value is -1.83. The molecule has 1 radical (unpaired) electrons. The third-order valence-corrected chi connectivity index (χ3v) is 5.41. The van der Waals surface area contributed by atoms with Crippen molar-refractivity contribution >= 4 is 22.9 Å². The fourth-order valence-corrected chi connectivity index (χ4v) is 3.96. The van der Waals surface area contributed by atoms with Crippen LogP contribution in [-0.4, -0.2) is 38.1 Å². The van der Waals surface area contributed by atoms with Gasteiger partial charge in [0.15, 0.2) is 0 Å². The SMILES string of the molecule is [CH2][C@@H]1C[C@@H](Nc2ncncc2C(=O)c2cc(C(C)(C)O)cs2)C[C@@H]1O. The van der Waals surface area contributed by atoms with Gasteiger partial charge < -0.3 is 15.5 Å². The highest BCUT2D eigenvalue weighted by Gasteiger charge is 2.31. The van der Waals surface area contributed by atoms with Crippen molar-refractivity contribution in [1.82, 2.24) is 9.97 Å². The van der Waals surface area contributed by atoms with Gasteiger partial charge in [0.2, 0.25) is 5.78 Å². The van der Waals surface area contributed by atoms with Crippen LogP contribution < -0.4 is 5.32 Å². The monoisotopic (exact) mass is 360 g/mol. The molecule has 6 nitrogen and oxygen atoms in total. The summed E-state index contributed by atoms with van der Waals surface area (Å²) in [7, 11) is 0. The van der Waals surface area contributed by atoms with Crippen LogP contribution in [0.15, 0.2) is 24.0 Å². The van der Waals surface area contributed by atoms with E-state index >= 15 is 0 Å². The van der Waals surface area contributed by atoms with E-state index in [1.165, 1.54) is 23.9 Å². The molecule has 1 aliphatic carbocycles. The van der Waals surface area contributed by atoms with Crippen molar-refractivity contribution in [2.24, 2.45) is 5.92 Å². The number of anilines is 1. The predicted octanol–water partition coefficient (Wildman–Crippen LogP) is 2.38. The van der Waals surface area contributed by atoms with Crippen molar-refractivity contribution in [3.8, 4) is 0 Å². The molecule has 3 rings (SSSR count). The fourth-order valence-electron chi connectivity index (χ4n) is 2.93. The van der Waals surface area contributed by atoms with Crippen LogP contribution in [0.25, 0.3) is 0 Å². The Kier molecular flexibility index (Phi) is 4.90. The second-order valence-corrected chi connectivity index (χ2v) is 7.92. The van der Waals surface area contributed by atoms with Gasteiger partial charge in [0.25, 0.3) is 0 Å². The summed E-state index contributed by atoms with van der Waals surface area (Å²) < 4.78 is 0. The van der Waals surface area contributed by atoms with E-state index < -0.39 is 11.7 Å². The molecule has 0 amide bonds. The number of rotatable bonds is 5. The highest BCUT2D eigenvalue weighted by Crippen LogP contribution is 2.30. The summed E-state index contributed by atoms with van der Waals surface area (Å²) in [6.07, 6.45) is 3.75. The van der Waals surface area contributed by atoms with Crippen molar-refractivity contribution < 1.29 is 15.0 Å². The van der Waals surface area contributed by atoms with Crippen LogP contribution in [0.2, 0.25) is 0 Å². The molecule has 1 saturated carbocycles. The van der Waals surface area contributed by atoms with Gasteiger partial charge in [-0.1, -0.05) is 0 Å². The van der Waals surface area contributed by atoms with Gasteiger partial charge in [-0.25, -0.2) is 9.97 Å². The summed E-state index contributed by atoms with van der Waals surface area (Å²) in [6.45, 7) is 7.30. The molecule has 25 heavy (non-hydrogen) atoms. The lowest BCUT2D eigenvalue weighted by Gasteiger charge is -2.15. The van der Waals surface area contributed by atoms with Gasteiger partial charge in [0.05, 0.1) is 22.1 Å². The van der Waals surface area contributed by atoms with E-state index in [0.717, 1.165) is 6.42 Å². The van der Waals surface area contributed by atoms with Gasteiger partial charge in [0.1, 0.15) is 12.1 Å². The van der Waals surface area contributed by atoms with Crippen LogP contribution in [0.4, 0.5) is 5.82 Å². The lowest BCUT2D eigenvalue weighted by atomic mass is 10.0. The standard InChI is InChI=1S/C18H22N3O3S/c1-10-4-12(6-14(10)22)21-17-13(7-19-9-20-17)16(23)15-5-11(8-25-15)18(2,3)24/h5,7-10,12,14,22,24H,1,4,6H2,2-3H3,(H,19,20,21)/t10-,12-,14+/m1/s1. The second kappa shape index (κ2) is 6.82. The summed E-state index contributed by atoms with van der Waals surface area (Å²) in [6, 6.07) is 1.73. The maximum absolute atomic E-state index is 12.9. The first-order valence-electron chi connectivity index (χ1n) is 8.19.